The Bertz CT molecular complexity index is 883. The van der Waals surface area contributed by atoms with Crippen molar-refractivity contribution < 1.29 is 17.9 Å². The van der Waals surface area contributed by atoms with Crippen LogP contribution in [0.5, 0.6) is 5.75 Å². The van der Waals surface area contributed by atoms with Gasteiger partial charge in [0.15, 0.2) is 0 Å². The summed E-state index contributed by atoms with van der Waals surface area (Å²) in [5.41, 5.74) is 1.44. The van der Waals surface area contributed by atoms with Gasteiger partial charge in [-0.3, -0.25) is 4.79 Å². The highest BCUT2D eigenvalue weighted by atomic mass is 35.5. The first-order chi connectivity index (χ1) is 12.3. The lowest BCUT2D eigenvalue weighted by molar-refractivity contribution is -0.116. The number of ether oxygens (including phenoxy) is 1. The molecule has 0 heterocycles. The van der Waals surface area contributed by atoms with Crippen LogP contribution in [0.1, 0.15) is 12.5 Å². The van der Waals surface area contributed by atoms with Crippen LogP contribution >= 0.6 is 11.6 Å². The number of anilines is 1. The first-order valence-corrected chi connectivity index (χ1v) is 9.80. The van der Waals surface area contributed by atoms with E-state index in [1.165, 1.54) is 31.4 Å². The summed E-state index contributed by atoms with van der Waals surface area (Å²) in [5.74, 6) is 0.0563. The predicted octanol–water partition coefficient (Wildman–Crippen LogP) is 3.31. The van der Waals surface area contributed by atoms with E-state index in [0.29, 0.717) is 16.5 Å². The number of sulfonamides is 1. The third-order valence-electron chi connectivity index (χ3n) is 3.75. The largest absolute Gasteiger partial charge is 0.495 e. The Balaban J connectivity index is 2.18. The zero-order chi connectivity index (χ0) is 19.3. The van der Waals surface area contributed by atoms with Crippen molar-refractivity contribution >= 4 is 33.2 Å². The molecule has 0 aliphatic heterocycles. The molecule has 1 N–H and O–H groups in total. The lowest BCUT2D eigenvalue weighted by Gasteiger charge is -2.20. The molecule has 0 spiro atoms. The monoisotopic (exact) mass is 396 g/mol. The van der Waals surface area contributed by atoms with Crippen molar-refractivity contribution in [1.82, 2.24) is 4.31 Å². The highest BCUT2D eigenvalue weighted by Crippen LogP contribution is 2.25. The van der Waals surface area contributed by atoms with E-state index in [-0.39, 0.29) is 18.0 Å². The molecule has 2 rings (SSSR count). The molecule has 0 radical (unpaired) electrons. The van der Waals surface area contributed by atoms with Crippen molar-refractivity contribution in [1.29, 1.82) is 0 Å². The molecule has 26 heavy (non-hydrogen) atoms. The number of carbonyl (C=O) groups is 1. The van der Waals surface area contributed by atoms with Crippen LogP contribution < -0.4 is 10.1 Å². The topological polar surface area (TPSA) is 75.7 Å². The van der Waals surface area contributed by atoms with Gasteiger partial charge < -0.3 is 10.1 Å². The molecule has 0 aromatic heterocycles. The van der Waals surface area contributed by atoms with E-state index in [1.54, 1.807) is 19.1 Å². The molecule has 0 fully saturated rings. The van der Waals surface area contributed by atoms with Gasteiger partial charge in [-0.1, -0.05) is 24.6 Å². The van der Waals surface area contributed by atoms with Gasteiger partial charge in [0.05, 0.1) is 24.2 Å². The molecule has 0 saturated carbocycles. The van der Waals surface area contributed by atoms with Crippen LogP contribution in [0, 0.1) is 6.92 Å². The summed E-state index contributed by atoms with van der Waals surface area (Å²) in [5, 5.41) is 3.15. The van der Waals surface area contributed by atoms with Gasteiger partial charge in [-0.05, 0) is 48.9 Å². The molecule has 2 aromatic rings. The number of hydrogen-bond acceptors (Lipinski definition) is 4. The van der Waals surface area contributed by atoms with Crippen molar-refractivity contribution in [3.63, 3.8) is 0 Å². The Hall–Kier alpha value is -2.09. The smallest absolute Gasteiger partial charge is 0.243 e. The number of amides is 1. The molecule has 1 amide bonds. The molecular formula is C18H21ClN2O4S. The maximum absolute atomic E-state index is 12.7. The minimum Gasteiger partial charge on any atom is -0.495 e. The summed E-state index contributed by atoms with van der Waals surface area (Å²) in [7, 11) is -2.29. The van der Waals surface area contributed by atoms with Crippen LogP contribution in [-0.4, -0.2) is 38.8 Å². The summed E-state index contributed by atoms with van der Waals surface area (Å²) >= 11 is 5.81. The van der Waals surface area contributed by atoms with Crippen molar-refractivity contribution in [2.24, 2.45) is 0 Å². The molecule has 0 bridgehead atoms. The van der Waals surface area contributed by atoms with E-state index in [2.05, 4.69) is 5.32 Å². The van der Waals surface area contributed by atoms with Gasteiger partial charge in [0, 0.05) is 11.6 Å². The Morgan fingerprint density at radius 2 is 1.85 bits per heavy atom. The molecule has 0 aliphatic carbocycles. The summed E-state index contributed by atoms with van der Waals surface area (Å²) < 4.78 is 31.8. The van der Waals surface area contributed by atoms with Gasteiger partial charge >= 0.3 is 0 Å². The maximum Gasteiger partial charge on any atom is 0.243 e. The molecule has 8 heteroatoms. The van der Waals surface area contributed by atoms with Crippen molar-refractivity contribution in [3.05, 3.63) is 53.1 Å². The number of nitrogens with zero attached hydrogens (tertiary/aromatic N) is 1. The number of rotatable bonds is 7. The zero-order valence-corrected chi connectivity index (χ0v) is 16.4. The minimum atomic E-state index is -3.80. The number of halogens is 1. The van der Waals surface area contributed by atoms with Crippen LogP contribution in [0.25, 0.3) is 0 Å². The van der Waals surface area contributed by atoms with Gasteiger partial charge in [-0.2, -0.15) is 4.31 Å². The lowest BCUT2D eigenvalue weighted by atomic mass is 10.2. The number of methoxy groups -OCH3 is 1. The fourth-order valence-corrected chi connectivity index (χ4v) is 3.92. The average molecular weight is 397 g/mol. The fraction of sp³-hybridized carbons (Fsp3) is 0.278. The van der Waals surface area contributed by atoms with E-state index >= 15 is 0 Å². The van der Waals surface area contributed by atoms with Gasteiger partial charge in [0.25, 0.3) is 0 Å². The Morgan fingerprint density at radius 3 is 2.42 bits per heavy atom. The zero-order valence-electron chi connectivity index (χ0n) is 14.8. The van der Waals surface area contributed by atoms with Crippen molar-refractivity contribution in [2.75, 3.05) is 25.5 Å². The molecule has 6 nitrogen and oxygen atoms in total. The van der Waals surface area contributed by atoms with Gasteiger partial charge in [-0.25, -0.2) is 8.42 Å². The van der Waals surface area contributed by atoms with Crippen LogP contribution in [0.2, 0.25) is 5.02 Å². The molecule has 0 aliphatic rings. The van der Waals surface area contributed by atoms with Gasteiger partial charge in [0.2, 0.25) is 15.9 Å². The highest BCUT2D eigenvalue weighted by molar-refractivity contribution is 7.89. The van der Waals surface area contributed by atoms with Crippen molar-refractivity contribution in [3.8, 4) is 5.75 Å². The Morgan fingerprint density at radius 1 is 1.19 bits per heavy atom. The van der Waals surface area contributed by atoms with Gasteiger partial charge in [-0.15, -0.1) is 0 Å². The second-order valence-electron chi connectivity index (χ2n) is 5.64. The molecule has 140 valence electrons. The Kier molecular flexibility index (Phi) is 6.63. The minimum absolute atomic E-state index is 0.0877. The third kappa shape index (κ3) is 4.75. The number of nitrogens with one attached hydrogen (secondary N) is 1. The third-order valence-corrected chi connectivity index (χ3v) is 5.94. The van der Waals surface area contributed by atoms with Crippen LogP contribution in [0.4, 0.5) is 5.69 Å². The van der Waals surface area contributed by atoms with Gasteiger partial charge in [0.1, 0.15) is 5.75 Å². The summed E-state index contributed by atoms with van der Waals surface area (Å²) in [6, 6.07) is 11.2. The average Bonchev–Trinajstić information content (AvgIpc) is 2.60. The predicted molar refractivity (Wildman–Crippen MR) is 102 cm³/mol. The SMILES string of the molecule is CCN(CC(=O)Nc1cc(C)ccc1OC)S(=O)(=O)c1ccc(Cl)cc1. The first-order valence-electron chi connectivity index (χ1n) is 7.98. The molecule has 2 aromatic carbocycles. The fourth-order valence-electron chi connectivity index (χ4n) is 2.39. The molecule has 0 saturated heterocycles. The number of carbonyl (C=O) groups excluding carboxylic acids is 1. The normalized spacial score (nSPS) is 11.4. The molecule has 0 atom stereocenters. The number of benzene rings is 2. The highest BCUT2D eigenvalue weighted by Gasteiger charge is 2.25. The van der Waals surface area contributed by atoms with E-state index in [4.69, 9.17) is 16.3 Å². The number of hydrogen-bond donors (Lipinski definition) is 1. The van der Waals surface area contributed by atoms with E-state index < -0.39 is 15.9 Å². The number of aryl methyl sites for hydroxylation is 1. The lowest BCUT2D eigenvalue weighted by Crippen LogP contribution is -2.37. The van der Waals surface area contributed by atoms with Crippen LogP contribution in [-0.2, 0) is 14.8 Å². The maximum atomic E-state index is 12.7. The first kappa shape index (κ1) is 20.2. The van der Waals surface area contributed by atoms with E-state index in [9.17, 15) is 13.2 Å². The van der Waals surface area contributed by atoms with Crippen molar-refractivity contribution in [2.45, 2.75) is 18.7 Å². The van der Waals surface area contributed by atoms with E-state index in [1.807, 2.05) is 13.0 Å². The van der Waals surface area contributed by atoms with E-state index in [0.717, 1.165) is 9.87 Å². The summed E-state index contributed by atoms with van der Waals surface area (Å²) in [6.45, 7) is 3.41. The van der Waals surface area contributed by atoms with Crippen LogP contribution in [0.15, 0.2) is 47.4 Å². The Labute approximate surface area is 158 Å². The van der Waals surface area contributed by atoms with Crippen LogP contribution in [0.3, 0.4) is 0 Å². The summed E-state index contributed by atoms with van der Waals surface area (Å²) in [6.07, 6.45) is 0. The quantitative estimate of drug-likeness (QED) is 0.779. The number of likely N-dealkylation sites (N-methyl/N-ethyl adjacent to an activating group) is 1. The summed E-state index contributed by atoms with van der Waals surface area (Å²) in [4.78, 5) is 12.5. The molecular weight excluding hydrogens is 376 g/mol. The second kappa shape index (κ2) is 8.53. The molecule has 0 unspecified atom stereocenters. The second-order valence-corrected chi connectivity index (χ2v) is 8.01. The standard InChI is InChI=1S/C18H21ClN2O4S/c1-4-21(26(23,24)15-8-6-14(19)7-9-15)12-18(22)20-16-11-13(2)5-10-17(16)25-3/h5-11H,4,12H2,1-3H3,(H,20,22).